The highest BCUT2D eigenvalue weighted by molar-refractivity contribution is 7.15. The van der Waals surface area contributed by atoms with Crippen molar-refractivity contribution in [3.63, 3.8) is 0 Å². The minimum atomic E-state index is -0.0581. The molecule has 2 N–H and O–H groups in total. The summed E-state index contributed by atoms with van der Waals surface area (Å²) >= 11 is 1.46. The molecule has 0 bridgehead atoms. The van der Waals surface area contributed by atoms with E-state index in [-0.39, 0.29) is 5.56 Å². The molecule has 0 fully saturated rings. The van der Waals surface area contributed by atoms with Crippen LogP contribution in [0.3, 0.4) is 0 Å². The fourth-order valence-corrected chi connectivity index (χ4v) is 3.05. The molecule has 8 heteroatoms. The van der Waals surface area contributed by atoms with Crippen LogP contribution in [0.2, 0.25) is 0 Å². The van der Waals surface area contributed by atoms with Gasteiger partial charge in [-0.2, -0.15) is 0 Å². The lowest BCUT2D eigenvalue weighted by molar-refractivity contribution is 0.637. The molecule has 3 rings (SSSR count). The fourth-order valence-electron chi connectivity index (χ4n) is 2.16. The van der Waals surface area contributed by atoms with E-state index in [0.717, 1.165) is 24.2 Å². The zero-order valence-electron chi connectivity index (χ0n) is 11.7. The molecule has 0 unspecified atom stereocenters. The Morgan fingerprint density at radius 2 is 2.24 bits per heavy atom. The van der Waals surface area contributed by atoms with Gasteiger partial charge in [0.1, 0.15) is 0 Å². The van der Waals surface area contributed by atoms with Crippen molar-refractivity contribution in [1.82, 2.24) is 24.4 Å². The summed E-state index contributed by atoms with van der Waals surface area (Å²) in [6.07, 6.45) is 3.58. The molecular weight excluding hydrogens is 288 g/mol. The minimum Gasteiger partial charge on any atom is -0.330 e. The summed E-state index contributed by atoms with van der Waals surface area (Å²) < 4.78 is 3.31. The molecule has 3 aromatic rings. The first kappa shape index (κ1) is 13.9. The summed E-state index contributed by atoms with van der Waals surface area (Å²) in [5.74, 6) is 0. The van der Waals surface area contributed by atoms with E-state index in [0.29, 0.717) is 23.7 Å². The van der Waals surface area contributed by atoms with Gasteiger partial charge in [0.25, 0.3) is 5.56 Å². The summed E-state index contributed by atoms with van der Waals surface area (Å²) in [6, 6.07) is 1.55. The first-order valence-electron chi connectivity index (χ1n) is 6.73. The molecule has 0 aliphatic rings. The van der Waals surface area contributed by atoms with Crippen LogP contribution < -0.4 is 11.3 Å². The fraction of sp³-hybridized carbons (Fsp3) is 0.385. The predicted molar refractivity (Wildman–Crippen MR) is 80.6 cm³/mol. The molecule has 0 aromatic carbocycles. The number of nitrogens with two attached hydrogens (primary N) is 1. The van der Waals surface area contributed by atoms with Crippen molar-refractivity contribution in [1.29, 1.82) is 0 Å². The van der Waals surface area contributed by atoms with Crippen molar-refractivity contribution in [3.05, 3.63) is 45.1 Å². The van der Waals surface area contributed by atoms with Gasteiger partial charge in [0, 0.05) is 23.3 Å². The monoisotopic (exact) mass is 304 g/mol. The van der Waals surface area contributed by atoms with Gasteiger partial charge in [-0.25, -0.2) is 9.67 Å². The maximum absolute atomic E-state index is 12.1. The number of fused-ring (bicyclic) bond motifs is 1. The molecule has 0 atom stereocenters. The smallest absolute Gasteiger partial charge is 0.259 e. The topological polar surface area (TPSA) is 91.1 Å². The Hall–Kier alpha value is -2.06. The summed E-state index contributed by atoms with van der Waals surface area (Å²) in [5, 5.41) is 10.1. The number of hydrogen-bond acceptors (Lipinski definition) is 6. The third kappa shape index (κ3) is 2.86. The standard InChI is InChI=1S/C13H16N6OS/c1-9-8-21-13-15-11(5-12(20)19(9)13)7-18-6-10(16-17-18)3-2-4-14/h5-6,8H,2-4,7,14H2,1H3. The van der Waals surface area contributed by atoms with Gasteiger partial charge in [0.2, 0.25) is 0 Å². The highest BCUT2D eigenvalue weighted by atomic mass is 32.1. The van der Waals surface area contributed by atoms with Crippen molar-refractivity contribution in [2.24, 2.45) is 5.73 Å². The molecule has 3 heterocycles. The van der Waals surface area contributed by atoms with E-state index in [1.54, 1.807) is 15.1 Å². The van der Waals surface area contributed by atoms with Crippen molar-refractivity contribution < 1.29 is 0 Å². The summed E-state index contributed by atoms with van der Waals surface area (Å²) in [6.45, 7) is 2.98. The molecule has 0 amide bonds. The van der Waals surface area contributed by atoms with Crippen LogP contribution in [-0.4, -0.2) is 30.9 Å². The molecule has 0 aliphatic carbocycles. The SMILES string of the molecule is Cc1csc2nc(Cn3cc(CCCN)nn3)cc(=O)n12. The number of rotatable bonds is 5. The second-order valence-electron chi connectivity index (χ2n) is 4.88. The van der Waals surface area contributed by atoms with E-state index < -0.39 is 0 Å². The Balaban J connectivity index is 1.84. The van der Waals surface area contributed by atoms with Crippen molar-refractivity contribution >= 4 is 16.3 Å². The maximum Gasteiger partial charge on any atom is 0.259 e. The van der Waals surface area contributed by atoms with Crippen LogP contribution in [0.1, 0.15) is 23.5 Å². The van der Waals surface area contributed by atoms with Crippen molar-refractivity contribution in [2.45, 2.75) is 26.3 Å². The van der Waals surface area contributed by atoms with Crippen LogP contribution in [0.25, 0.3) is 4.96 Å². The number of aryl methyl sites for hydroxylation is 2. The first-order valence-corrected chi connectivity index (χ1v) is 7.61. The van der Waals surface area contributed by atoms with Gasteiger partial charge in [0.05, 0.1) is 17.9 Å². The van der Waals surface area contributed by atoms with Gasteiger partial charge in [0.15, 0.2) is 4.96 Å². The molecule has 0 spiro atoms. The molecule has 0 aliphatic heterocycles. The molecule has 7 nitrogen and oxygen atoms in total. The van der Waals surface area contributed by atoms with E-state index in [1.807, 2.05) is 18.5 Å². The third-order valence-electron chi connectivity index (χ3n) is 3.18. The lowest BCUT2D eigenvalue weighted by Crippen LogP contribution is -2.16. The number of aromatic nitrogens is 5. The van der Waals surface area contributed by atoms with Crippen LogP contribution in [-0.2, 0) is 13.0 Å². The number of thiazole rings is 1. The predicted octanol–water partition coefficient (Wildman–Crippen LogP) is 0.596. The van der Waals surface area contributed by atoms with Crippen molar-refractivity contribution in [3.8, 4) is 0 Å². The zero-order valence-corrected chi connectivity index (χ0v) is 12.5. The minimum absolute atomic E-state index is 0.0581. The molecular formula is C13H16N6OS. The lowest BCUT2D eigenvalue weighted by Gasteiger charge is -2.01. The van der Waals surface area contributed by atoms with E-state index in [9.17, 15) is 4.79 Å². The zero-order chi connectivity index (χ0) is 14.8. The average Bonchev–Trinajstić information content (AvgIpc) is 3.04. The normalized spacial score (nSPS) is 11.3. The van der Waals surface area contributed by atoms with E-state index in [2.05, 4.69) is 15.3 Å². The Bertz CT molecular complexity index is 818. The molecule has 110 valence electrons. The van der Waals surface area contributed by atoms with Gasteiger partial charge in [-0.3, -0.25) is 9.20 Å². The Kier molecular flexibility index (Phi) is 3.80. The summed E-state index contributed by atoms with van der Waals surface area (Å²) in [5.41, 5.74) is 7.92. The molecule has 21 heavy (non-hydrogen) atoms. The first-order chi connectivity index (χ1) is 10.2. The summed E-state index contributed by atoms with van der Waals surface area (Å²) in [4.78, 5) is 17.3. The molecule has 0 radical (unpaired) electrons. The second kappa shape index (κ2) is 5.74. The average molecular weight is 304 g/mol. The maximum atomic E-state index is 12.1. The highest BCUT2D eigenvalue weighted by Gasteiger charge is 2.08. The highest BCUT2D eigenvalue weighted by Crippen LogP contribution is 2.12. The van der Waals surface area contributed by atoms with Gasteiger partial charge in [-0.05, 0) is 26.3 Å². The molecule has 0 saturated carbocycles. The number of hydrogen-bond donors (Lipinski definition) is 1. The van der Waals surface area contributed by atoms with Crippen LogP contribution >= 0.6 is 11.3 Å². The van der Waals surface area contributed by atoms with Gasteiger partial charge < -0.3 is 5.73 Å². The van der Waals surface area contributed by atoms with Crippen LogP contribution in [0.15, 0.2) is 22.4 Å². The second-order valence-corrected chi connectivity index (χ2v) is 5.72. The van der Waals surface area contributed by atoms with E-state index in [1.165, 1.54) is 11.3 Å². The number of nitrogens with zero attached hydrogens (tertiary/aromatic N) is 5. The van der Waals surface area contributed by atoms with E-state index >= 15 is 0 Å². The molecule has 0 saturated heterocycles. The van der Waals surface area contributed by atoms with Gasteiger partial charge in [-0.15, -0.1) is 16.4 Å². The third-order valence-corrected chi connectivity index (χ3v) is 4.12. The van der Waals surface area contributed by atoms with Gasteiger partial charge >= 0.3 is 0 Å². The quantitative estimate of drug-likeness (QED) is 0.745. The van der Waals surface area contributed by atoms with Crippen molar-refractivity contribution in [2.75, 3.05) is 6.54 Å². The van der Waals surface area contributed by atoms with E-state index in [4.69, 9.17) is 5.73 Å². The Labute approximate surface area is 125 Å². The van der Waals surface area contributed by atoms with Gasteiger partial charge in [-0.1, -0.05) is 5.21 Å². The van der Waals surface area contributed by atoms with Crippen LogP contribution in [0.5, 0.6) is 0 Å². The van der Waals surface area contributed by atoms with Crippen LogP contribution in [0.4, 0.5) is 0 Å². The Morgan fingerprint density at radius 1 is 1.38 bits per heavy atom. The molecule has 3 aromatic heterocycles. The Morgan fingerprint density at radius 3 is 3.05 bits per heavy atom. The van der Waals surface area contributed by atoms with Crippen LogP contribution in [0, 0.1) is 6.92 Å². The summed E-state index contributed by atoms with van der Waals surface area (Å²) in [7, 11) is 0. The largest absolute Gasteiger partial charge is 0.330 e. The lowest BCUT2D eigenvalue weighted by atomic mass is 10.2.